The Morgan fingerprint density at radius 2 is 1.96 bits per heavy atom. The zero-order chi connectivity index (χ0) is 18.7. The molecule has 0 bridgehead atoms. The van der Waals surface area contributed by atoms with Crippen molar-refractivity contribution in [3.8, 4) is 0 Å². The van der Waals surface area contributed by atoms with Crippen molar-refractivity contribution >= 4 is 11.6 Å². The Kier molecular flexibility index (Phi) is 5.62. The van der Waals surface area contributed by atoms with Crippen molar-refractivity contribution in [1.82, 2.24) is 9.88 Å². The molecule has 1 aromatic rings. The molecule has 27 heavy (non-hydrogen) atoms. The Labute approximate surface area is 160 Å². The van der Waals surface area contributed by atoms with Crippen LogP contribution in [-0.2, 0) is 9.53 Å². The summed E-state index contributed by atoms with van der Waals surface area (Å²) in [6.07, 6.45) is 11.3. The van der Waals surface area contributed by atoms with Gasteiger partial charge in [-0.1, -0.05) is 19.3 Å². The molecule has 2 aliphatic heterocycles. The fourth-order valence-electron chi connectivity index (χ4n) is 4.91. The number of pyridine rings is 1. The van der Waals surface area contributed by atoms with Crippen LogP contribution in [0.25, 0.3) is 0 Å². The van der Waals surface area contributed by atoms with Gasteiger partial charge in [-0.3, -0.25) is 9.78 Å². The van der Waals surface area contributed by atoms with Crippen LogP contribution in [0.5, 0.6) is 0 Å². The molecule has 3 aliphatic rings. The third kappa shape index (κ3) is 4.26. The number of aromatic nitrogens is 1. The Morgan fingerprint density at radius 1 is 1.19 bits per heavy atom. The van der Waals surface area contributed by atoms with E-state index in [1.807, 2.05) is 9.80 Å². The Bertz CT molecular complexity index is 655. The van der Waals surface area contributed by atoms with Gasteiger partial charge in [0.2, 0.25) is 5.91 Å². The monoisotopic (exact) mass is 375 g/mol. The van der Waals surface area contributed by atoms with Crippen LogP contribution in [-0.4, -0.2) is 54.2 Å². The molecule has 1 spiro atoms. The molecule has 4 rings (SSSR count). The van der Waals surface area contributed by atoms with Gasteiger partial charge >= 0.3 is 0 Å². The number of rotatable bonds is 3. The maximum absolute atomic E-state index is 14.0. The van der Waals surface area contributed by atoms with Crippen LogP contribution < -0.4 is 4.90 Å². The van der Waals surface area contributed by atoms with Crippen LogP contribution in [0.3, 0.4) is 0 Å². The summed E-state index contributed by atoms with van der Waals surface area (Å²) in [5, 5.41) is 0. The summed E-state index contributed by atoms with van der Waals surface area (Å²) in [6.45, 7) is 3.63. The Morgan fingerprint density at radius 3 is 2.70 bits per heavy atom. The van der Waals surface area contributed by atoms with Crippen LogP contribution in [0.15, 0.2) is 18.5 Å². The molecule has 3 heterocycles. The van der Waals surface area contributed by atoms with Crippen molar-refractivity contribution in [3.05, 3.63) is 24.3 Å². The number of halogens is 1. The molecule has 6 heteroatoms. The van der Waals surface area contributed by atoms with Gasteiger partial charge in [0, 0.05) is 32.4 Å². The average molecular weight is 375 g/mol. The fourth-order valence-corrected chi connectivity index (χ4v) is 4.91. The van der Waals surface area contributed by atoms with Gasteiger partial charge in [-0.15, -0.1) is 0 Å². The number of carbonyl (C=O) groups excluding carboxylic acids is 1. The normalized spacial score (nSPS) is 24.3. The second kappa shape index (κ2) is 8.13. The van der Waals surface area contributed by atoms with Crippen molar-refractivity contribution in [3.63, 3.8) is 0 Å². The standard InChI is InChI=1S/C21H30FN3O2/c22-18-15-23-9-6-19(18)24-10-7-21(8-11-24)14-20(26)25(12-13-27-21)16-17-4-2-1-3-5-17/h6,9,15,17H,1-5,7-8,10-14,16H2. The molecule has 0 unspecified atom stereocenters. The first-order chi connectivity index (χ1) is 13.2. The smallest absolute Gasteiger partial charge is 0.225 e. The van der Waals surface area contributed by atoms with E-state index in [1.54, 1.807) is 12.3 Å². The van der Waals surface area contributed by atoms with Gasteiger partial charge in [0.25, 0.3) is 0 Å². The third-order valence-corrected chi connectivity index (χ3v) is 6.57. The summed E-state index contributed by atoms with van der Waals surface area (Å²) < 4.78 is 20.3. The van der Waals surface area contributed by atoms with Gasteiger partial charge < -0.3 is 14.5 Å². The minimum atomic E-state index is -0.377. The zero-order valence-corrected chi connectivity index (χ0v) is 16.0. The largest absolute Gasteiger partial charge is 0.372 e. The van der Waals surface area contributed by atoms with Crippen LogP contribution in [0.2, 0.25) is 0 Å². The maximum atomic E-state index is 14.0. The van der Waals surface area contributed by atoms with Gasteiger partial charge in [0.15, 0.2) is 5.82 Å². The van der Waals surface area contributed by atoms with Crippen LogP contribution in [0, 0.1) is 11.7 Å². The number of piperidine rings is 1. The number of amides is 1. The van der Waals surface area contributed by atoms with Crippen molar-refractivity contribution in [2.75, 3.05) is 37.7 Å². The maximum Gasteiger partial charge on any atom is 0.225 e. The van der Waals surface area contributed by atoms with Gasteiger partial charge in [0.05, 0.1) is 30.5 Å². The van der Waals surface area contributed by atoms with E-state index in [2.05, 4.69) is 4.98 Å². The molecule has 0 N–H and O–H groups in total. The van der Waals surface area contributed by atoms with E-state index in [-0.39, 0.29) is 17.3 Å². The molecule has 1 amide bonds. The van der Waals surface area contributed by atoms with Crippen LogP contribution in [0.4, 0.5) is 10.1 Å². The zero-order valence-electron chi connectivity index (χ0n) is 16.0. The van der Waals surface area contributed by atoms with E-state index in [0.29, 0.717) is 44.3 Å². The lowest BCUT2D eigenvalue weighted by atomic mass is 9.86. The molecule has 0 radical (unpaired) electrons. The van der Waals surface area contributed by atoms with Crippen molar-refractivity contribution in [2.24, 2.45) is 5.92 Å². The lowest BCUT2D eigenvalue weighted by Gasteiger charge is -2.41. The first kappa shape index (κ1) is 18.7. The van der Waals surface area contributed by atoms with Crippen LogP contribution >= 0.6 is 0 Å². The Balaban J connectivity index is 1.36. The number of hydrogen-bond acceptors (Lipinski definition) is 4. The van der Waals surface area contributed by atoms with Crippen LogP contribution in [0.1, 0.15) is 51.4 Å². The van der Waals surface area contributed by atoms with Gasteiger partial charge in [-0.05, 0) is 37.7 Å². The number of nitrogens with zero attached hydrogens (tertiary/aromatic N) is 3. The van der Waals surface area contributed by atoms with Crippen molar-refractivity contribution < 1.29 is 13.9 Å². The highest BCUT2D eigenvalue weighted by atomic mass is 19.1. The van der Waals surface area contributed by atoms with Gasteiger partial charge in [-0.2, -0.15) is 0 Å². The highest BCUT2D eigenvalue weighted by Crippen LogP contribution is 2.35. The second-order valence-corrected chi connectivity index (χ2v) is 8.37. The van der Waals surface area contributed by atoms with Gasteiger partial charge in [-0.25, -0.2) is 4.39 Å². The summed E-state index contributed by atoms with van der Waals surface area (Å²) >= 11 is 0. The van der Waals surface area contributed by atoms with E-state index in [0.717, 1.165) is 19.4 Å². The molecule has 2 saturated heterocycles. The first-order valence-electron chi connectivity index (χ1n) is 10.4. The first-order valence-corrected chi connectivity index (χ1v) is 10.4. The average Bonchev–Trinajstić information content (AvgIpc) is 2.83. The molecule has 0 atom stereocenters. The van der Waals surface area contributed by atoms with E-state index in [1.165, 1.54) is 38.3 Å². The van der Waals surface area contributed by atoms with E-state index in [4.69, 9.17) is 4.74 Å². The number of carbonyl (C=O) groups is 1. The summed E-state index contributed by atoms with van der Waals surface area (Å²) in [6, 6.07) is 1.72. The molecule has 0 aromatic carbocycles. The van der Waals surface area contributed by atoms with Gasteiger partial charge in [0.1, 0.15) is 0 Å². The minimum absolute atomic E-state index is 0.238. The predicted octanol–water partition coefficient (Wildman–Crippen LogP) is 3.39. The number of hydrogen-bond donors (Lipinski definition) is 0. The highest BCUT2D eigenvalue weighted by Gasteiger charge is 2.41. The fraction of sp³-hybridized carbons (Fsp3) is 0.714. The topological polar surface area (TPSA) is 45.7 Å². The summed E-state index contributed by atoms with van der Waals surface area (Å²) in [5.41, 5.74) is 0.219. The summed E-state index contributed by atoms with van der Waals surface area (Å²) in [4.78, 5) is 20.8. The van der Waals surface area contributed by atoms with E-state index >= 15 is 0 Å². The lowest BCUT2D eigenvalue weighted by molar-refractivity contribution is -0.134. The minimum Gasteiger partial charge on any atom is -0.372 e. The van der Waals surface area contributed by atoms with E-state index in [9.17, 15) is 9.18 Å². The summed E-state index contributed by atoms with van der Waals surface area (Å²) in [7, 11) is 0. The molecule has 148 valence electrons. The molecule has 1 aliphatic carbocycles. The predicted molar refractivity (Wildman–Crippen MR) is 102 cm³/mol. The number of ether oxygens (including phenoxy) is 1. The molecule has 5 nitrogen and oxygen atoms in total. The second-order valence-electron chi connectivity index (χ2n) is 8.37. The Hall–Kier alpha value is -1.69. The quantitative estimate of drug-likeness (QED) is 0.812. The molecule has 1 aromatic heterocycles. The van der Waals surface area contributed by atoms with Crippen molar-refractivity contribution in [1.29, 1.82) is 0 Å². The highest BCUT2D eigenvalue weighted by molar-refractivity contribution is 5.77. The molecule has 3 fully saturated rings. The SMILES string of the molecule is O=C1CC2(CCN(c3ccncc3F)CC2)OCCN1CC1CCCCC1. The summed E-state index contributed by atoms with van der Waals surface area (Å²) in [5.74, 6) is 0.611. The number of anilines is 1. The lowest BCUT2D eigenvalue weighted by Crippen LogP contribution is -2.47. The van der Waals surface area contributed by atoms with E-state index < -0.39 is 0 Å². The molecular weight excluding hydrogens is 345 g/mol. The van der Waals surface area contributed by atoms with Crippen molar-refractivity contribution in [2.45, 2.75) is 57.0 Å². The molecular formula is C21H30FN3O2. The molecule has 1 saturated carbocycles. The third-order valence-electron chi connectivity index (χ3n) is 6.57.